The van der Waals surface area contributed by atoms with E-state index in [-0.39, 0.29) is 13.0 Å². The number of hydrogen-bond acceptors (Lipinski definition) is 6. The van der Waals surface area contributed by atoms with Gasteiger partial charge in [0.05, 0.1) is 0 Å². The standard InChI is InChI=1S/C18H16N4O4/c23-17(24)15(22-18(25)26-11-12-4-2-1-3-5-12)9-13-8-14-16(21-10-13)20-7-6-19-14/h1-8,10,15H,9,11H2,(H,22,25)(H,23,24)/t15-/m0/s1. The smallest absolute Gasteiger partial charge is 0.408 e. The third-order valence-corrected chi connectivity index (χ3v) is 3.62. The van der Waals surface area contributed by atoms with E-state index >= 15 is 0 Å². The number of benzene rings is 1. The Hall–Kier alpha value is -3.55. The van der Waals surface area contributed by atoms with Gasteiger partial charge in [-0.15, -0.1) is 0 Å². The third-order valence-electron chi connectivity index (χ3n) is 3.62. The van der Waals surface area contributed by atoms with E-state index in [1.54, 1.807) is 6.07 Å². The Morgan fingerprint density at radius 1 is 1.08 bits per heavy atom. The molecule has 2 aromatic heterocycles. The number of fused-ring (bicyclic) bond motifs is 1. The number of amides is 1. The maximum atomic E-state index is 11.9. The molecule has 8 heteroatoms. The number of aliphatic carboxylic acids is 1. The summed E-state index contributed by atoms with van der Waals surface area (Å²) in [6.45, 7) is 0.0616. The zero-order chi connectivity index (χ0) is 18.4. The van der Waals surface area contributed by atoms with E-state index < -0.39 is 18.1 Å². The average molecular weight is 352 g/mol. The Morgan fingerprint density at radius 2 is 1.85 bits per heavy atom. The van der Waals surface area contributed by atoms with Crippen LogP contribution in [0, 0.1) is 0 Å². The molecule has 8 nitrogen and oxygen atoms in total. The molecule has 1 aromatic carbocycles. The SMILES string of the molecule is O=C(N[C@@H](Cc1cnc2nccnc2c1)C(=O)O)OCc1ccccc1. The van der Waals surface area contributed by atoms with Crippen molar-refractivity contribution in [3.8, 4) is 0 Å². The zero-order valence-electron chi connectivity index (χ0n) is 13.7. The molecule has 3 aromatic rings. The second-order valence-corrected chi connectivity index (χ2v) is 5.54. The Labute approximate surface area is 148 Å². The van der Waals surface area contributed by atoms with Crippen LogP contribution in [-0.4, -0.2) is 38.2 Å². The van der Waals surface area contributed by atoms with Gasteiger partial charge in [0.25, 0.3) is 0 Å². The Kier molecular flexibility index (Phi) is 5.33. The number of nitrogens with one attached hydrogen (secondary N) is 1. The van der Waals surface area contributed by atoms with Gasteiger partial charge in [0.15, 0.2) is 5.65 Å². The topological polar surface area (TPSA) is 114 Å². The van der Waals surface area contributed by atoms with Crippen LogP contribution in [0.5, 0.6) is 0 Å². The largest absolute Gasteiger partial charge is 0.480 e. The highest BCUT2D eigenvalue weighted by atomic mass is 16.5. The van der Waals surface area contributed by atoms with Crippen molar-refractivity contribution in [1.82, 2.24) is 20.3 Å². The van der Waals surface area contributed by atoms with Crippen molar-refractivity contribution in [1.29, 1.82) is 0 Å². The predicted molar refractivity (Wildman–Crippen MR) is 92.2 cm³/mol. The minimum atomic E-state index is -1.17. The summed E-state index contributed by atoms with van der Waals surface area (Å²) in [4.78, 5) is 35.7. The average Bonchev–Trinajstić information content (AvgIpc) is 2.66. The summed E-state index contributed by atoms with van der Waals surface area (Å²) < 4.78 is 5.07. The van der Waals surface area contributed by atoms with Crippen LogP contribution in [0.3, 0.4) is 0 Å². The van der Waals surface area contributed by atoms with Gasteiger partial charge in [0.2, 0.25) is 0 Å². The molecule has 0 aliphatic rings. The maximum absolute atomic E-state index is 11.9. The second kappa shape index (κ2) is 8.02. The Bertz CT molecular complexity index is 917. The van der Waals surface area contributed by atoms with Gasteiger partial charge in [-0.3, -0.25) is 4.98 Å². The highest BCUT2D eigenvalue weighted by Gasteiger charge is 2.21. The zero-order valence-corrected chi connectivity index (χ0v) is 13.7. The van der Waals surface area contributed by atoms with Crippen molar-refractivity contribution in [3.63, 3.8) is 0 Å². The minimum absolute atomic E-state index is 0.0509. The summed E-state index contributed by atoms with van der Waals surface area (Å²) in [6.07, 6.45) is 3.83. The van der Waals surface area contributed by atoms with Gasteiger partial charge < -0.3 is 15.2 Å². The van der Waals surface area contributed by atoms with Crippen molar-refractivity contribution in [3.05, 3.63) is 66.1 Å². The first kappa shape index (κ1) is 17.3. The number of hydrogen-bond donors (Lipinski definition) is 2. The van der Waals surface area contributed by atoms with Gasteiger partial charge >= 0.3 is 12.1 Å². The van der Waals surface area contributed by atoms with Crippen molar-refractivity contribution in [2.24, 2.45) is 0 Å². The summed E-state index contributed by atoms with van der Waals surface area (Å²) in [7, 11) is 0. The third kappa shape index (κ3) is 4.50. The molecule has 0 unspecified atom stereocenters. The lowest BCUT2D eigenvalue weighted by Crippen LogP contribution is -2.42. The molecule has 132 valence electrons. The van der Waals surface area contributed by atoms with Gasteiger partial charge in [-0.2, -0.15) is 0 Å². The molecular formula is C18H16N4O4. The molecule has 26 heavy (non-hydrogen) atoms. The highest BCUT2D eigenvalue weighted by molar-refractivity contribution is 5.80. The fraction of sp³-hybridized carbons (Fsp3) is 0.167. The molecule has 0 fully saturated rings. The van der Waals surface area contributed by atoms with Crippen molar-refractivity contribution < 1.29 is 19.4 Å². The molecule has 1 atom stereocenters. The number of aromatic nitrogens is 3. The molecule has 0 aliphatic carbocycles. The molecule has 0 saturated heterocycles. The van der Waals surface area contributed by atoms with Crippen molar-refractivity contribution in [2.75, 3.05) is 0 Å². The van der Waals surface area contributed by atoms with Crippen LogP contribution < -0.4 is 5.32 Å². The number of carbonyl (C=O) groups is 2. The molecule has 1 amide bonds. The van der Waals surface area contributed by atoms with Crippen LogP contribution in [0.4, 0.5) is 4.79 Å². The van der Waals surface area contributed by atoms with Crippen LogP contribution in [-0.2, 0) is 22.6 Å². The quantitative estimate of drug-likeness (QED) is 0.697. The molecular weight excluding hydrogens is 336 g/mol. The fourth-order valence-corrected chi connectivity index (χ4v) is 2.35. The van der Waals surface area contributed by atoms with Crippen molar-refractivity contribution in [2.45, 2.75) is 19.1 Å². The van der Waals surface area contributed by atoms with Crippen LogP contribution in [0.25, 0.3) is 11.2 Å². The van der Waals surface area contributed by atoms with Crippen LogP contribution in [0.15, 0.2) is 55.0 Å². The first-order valence-corrected chi connectivity index (χ1v) is 7.87. The van der Waals surface area contributed by atoms with Gasteiger partial charge in [-0.25, -0.2) is 19.6 Å². The summed E-state index contributed by atoms with van der Waals surface area (Å²) in [6, 6.07) is 9.68. The number of rotatable bonds is 6. The van der Waals surface area contributed by atoms with Gasteiger partial charge in [0.1, 0.15) is 18.2 Å². The van der Waals surface area contributed by atoms with E-state index in [1.807, 2.05) is 30.3 Å². The summed E-state index contributed by atoms with van der Waals surface area (Å²) in [5.41, 5.74) is 2.46. The minimum Gasteiger partial charge on any atom is -0.480 e. The Balaban J connectivity index is 1.62. The predicted octanol–water partition coefficient (Wildman–Crippen LogP) is 1.95. The monoisotopic (exact) mass is 352 g/mol. The highest BCUT2D eigenvalue weighted by Crippen LogP contribution is 2.10. The molecule has 0 aliphatic heterocycles. The van der Waals surface area contributed by atoms with Gasteiger partial charge in [0, 0.05) is 25.0 Å². The van der Waals surface area contributed by atoms with E-state index in [0.29, 0.717) is 16.7 Å². The first-order valence-electron chi connectivity index (χ1n) is 7.87. The molecule has 0 bridgehead atoms. The molecule has 2 heterocycles. The lowest BCUT2D eigenvalue weighted by atomic mass is 10.1. The fourth-order valence-electron chi connectivity index (χ4n) is 2.35. The van der Waals surface area contributed by atoms with Gasteiger partial charge in [-0.1, -0.05) is 30.3 Å². The maximum Gasteiger partial charge on any atom is 0.408 e. The number of carboxylic acid groups (broad SMARTS) is 1. The summed E-state index contributed by atoms with van der Waals surface area (Å²) in [5.74, 6) is -1.17. The number of carboxylic acids is 1. The number of ether oxygens (including phenoxy) is 1. The molecule has 2 N–H and O–H groups in total. The van der Waals surface area contributed by atoms with Crippen LogP contribution in [0.1, 0.15) is 11.1 Å². The normalized spacial score (nSPS) is 11.7. The van der Waals surface area contributed by atoms with E-state index in [0.717, 1.165) is 5.56 Å². The molecule has 0 radical (unpaired) electrons. The second-order valence-electron chi connectivity index (χ2n) is 5.54. The Morgan fingerprint density at radius 3 is 2.62 bits per heavy atom. The summed E-state index contributed by atoms with van der Waals surface area (Å²) in [5, 5.41) is 11.7. The van der Waals surface area contributed by atoms with Gasteiger partial charge in [-0.05, 0) is 17.2 Å². The van der Waals surface area contributed by atoms with E-state index in [1.165, 1.54) is 18.6 Å². The number of carbonyl (C=O) groups excluding carboxylic acids is 1. The van der Waals surface area contributed by atoms with Crippen LogP contribution >= 0.6 is 0 Å². The molecule has 3 rings (SSSR count). The molecule has 0 spiro atoms. The van der Waals surface area contributed by atoms with E-state index in [4.69, 9.17) is 4.74 Å². The lowest BCUT2D eigenvalue weighted by Gasteiger charge is -2.14. The lowest BCUT2D eigenvalue weighted by molar-refractivity contribution is -0.139. The van der Waals surface area contributed by atoms with E-state index in [9.17, 15) is 14.7 Å². The first-order chi connectivity index (χ1) is 12.6. The van der Waals surface area contributed by atoms with E-state index in [2.05, 4.69) is 20.3 Å². The summed E-state index contributed by atoms with van der Waals surface area (Å²) >= 11 is 0. The number of alkyl carbamates (subject to hydrolysis) is 1. The van der Waals surface area contributed by atoms with Crippen LogP contribution in [0.2, 0.25) is 0 Å². The number of pyridine rings is 1. The molecule has 0 saturated carbocycles. The number of nitrogens with zero attached hydrogens (tertiary/aromatic N) is 3. The van der Waals surface area contributed by atoms with Crippen molar-refractivity contribution >= 4 is 23.2 Å².